The van der Waals surface area contributed by atoms with Gasteiger partial charge in [-0.15, -0.1) is 0 Å². The lowest BCUT2D eigenvalue weighted by atomic mass is 10.1. The van der Waals surface area contributed by atoms with Crippen LogP contribution in [-0.4, -0.2) is 13.6 Å². The van der Waals surface area contributed by atoms with Gasteiger partial charge < -0.3 is 4.90 Å². The number of hydrogen-bond acceptors (Lipinski definition) is 1. The normalized spacial score (nSPS) is 10.5. The minimum atomic E-state index is 1.14. The van der Waals surface area contributed by atoms with E-state index in [2.05, 4.69) is 60.8 Å². The Bertz CT molecular complexity index is 310. The van der Waals surface area contributed by atoms with Gasteiger partial charge in [-0.05, 0) is 43.5 Å². The molecule has 0 heterocycles. The molecule has 0 fully saturated rings. The molecule has 0 N–H and O–H groups in total. The number of nitrogens with zero attached hydrogens (tertiary/aromatic N) is 1. The minimum absolute atomic E-state index is 1.14. The third-order valence-corrected chi connectivity index (χ3v) is 3.14. The van der Waals surface area contributed by atoms with E-state index in [1.54, 1.807) is 0 Å². The van der Waals surface area contributed by atoms with Crippen LogP contribution in [-0.2, 0) is 0 Å². The van der Waals surface area contributed by atoms with Crippen LogP contribution >= 0.6 is 15.9 Å². The summed E-state index contributed by atoms with van der Waals surface area (Å²) in [7, 11) is 2.18. The van der Waals surface area contributed by atoms with Crippen LogP contribution in [0.3, 0.4) is 0 Å². The first-order valence-corrected chi connectivity index (χ1v) is 6.33. The van der Waals surface area contributed by atoms with Gasteiger partial charge in [0.05, 0.1) is 0 Å². The predicted molar refractivity (Wildman–Crippen MR) is 71.8 cm³/mol. The molecule has 84 valence electrons. The van der Waals surface area contributed by atoms with Gasteiger partial charge in [-0.3, -0.25) is 0 Å². The van der Waals surface area contributed by atoms with Crippen LogP contribution in [0.5, 0.6) is 0 Å². The van der Waals surface area contributed by atoms with Crippen LogP contribution < -0.4 is 4.90 Å². The second-order valence-electron chi connectivity index (χ2n) is 4.16. The molecule has 0 unspecified atom stereocenters. The number of rotatable bonds is 4. The fraction of sp³-hybridized carbons (Fsp3) is 0.538. The summed E-state index contributed by atoms with van der Waals surface area (Å²) in [6.07, 6.45) is 2.50. The summed E-state index contributed by atoms with van der Waals surface area (Å²) in [6, 6.07) is 4.37. The number of hydrogen-bond donors (Lipinski definition) is 0. The summed E-state index contributed by atoms with van der Waals surface area (Å²) in [5, 5.41) is 0. The van der Waals surface area contributed by atoms with Crippen molar-refractivity contribution in [2.45, 2.75) is 33.6 Å². The molecule has 0 bridgehead atoms. The van der Waals surface area contributed by atoms with Gasteiger partial charge in [-0.25, -0.2) is 0 Å². The third-order valence-electron chi connectivity index (χ3n) is 2.68. The Kier molecular flexibility index (Phi) is 4.65. The van der Waals surface area contributed by atoms with Crippen LogP contribution in [0.1, 0.15) is 30.9 Å². The van der Waals surface area contributed by atoms with Crippen LogP contribution in [0.25, 0.3) is 0 Å². The zero-order chi connectivity index (χ0) is 11.4. The average Bonchev–Trinajstić information content (AvgIpc) is 2.12. The fourth-order valence-corrected chi connectivity index (χ4v) is 2.70. The molecule has 2 heteroatoms. The van der Waals surface area contributed by atoms with Crippen molar-refractivity contribution in [3.63, 3.8) is 0 Å². The molecule has 0 saturated carbocycles. The minimum Gasteiger partial charge on any atom is -0.374 e. The van der Waals surface area contributed by atoms with E-state index < -0.39 is 0 Å². The number of anilines is 1. The maximum absolute atomic E-state index is 3.53. The monoisotopic (exact) mass is 269 g/mol. The fourth-order valence-electron chi connectivity index (χ4n) is 2.01. The van der Waals surface area contributed by atoms with E-state index in [0.29, 0.717) is 0 Å². The first-order chi connectivity index (χ1) is 7.06. The number of benzene rings is 1. The van der Waals surface area contributed by atoms with Gasteiger partial charge in [-0.2, -0.15) is 0 Å². The Morgan fingerprint density at radius 3 is 2.20 bits per heavy atom. The number of aryl methyl sites for hydroxylation is 2. The van der Waals surface area contributed by atoms with Crippen LogP contribution in [0.2, 0.25) is 0 Å². The quantitative estimate of drug-likeness (QED) is 0.788. The summed E-state index contributed by atoms with van der Waals surface area (Å²) in [5.74, 6) is 0. The van der Waals surface area contributed by atoms with Crippen molar-refractivity contribution in [2.24, 2.45) is 0 Å². The highest BCUT2D eigenvalue weighted by atomic mass is 79.9. The summed E-state index contributed by atoms with van der Waals surface area (Å²) in [6.45, 7) is 7.72. The van der Waals surface area contributed by atoms with Crippen molar-refractivity contribution in [2.75, 3.05) is 18.5 Å². The lowest BCUT2D eigenvalue weighted by Crippen LogP contribution is -2.20. The zero-order valence-electron chi connectivity index (χ0n) is 10.1. The molecular formula is C13H20BrN. The van der Waals surface area contributed by atoms with Crippen molar-refractivity contribution in [3.8, 4) is 0 Å². The van der Waals surface area contributed by atoms with Crippen molar-refractivity contribution < 1.29 is 0 Å². The van der Waals surface area contributed by atoms with Gasteiger partial charge in [0.25, 0.3) is 0 Å². The predicted octanol–water partition coefficient (Wildman–Crippen LogP) is 4.30. The summed E-state index contributed by atoms with van der Waals surface area (Å²) >= 11 is 3.53. The molecule has 0 radical (unpaired) electrons. The Hall–Kier alpha value is -0.500. The summed E-state index contributed by atoms with van der Waals surface area (Å²) < 4.78 is 1.17. The summed E-state index contributed by atoms with van der Waals surface area (Å²) in [5.41, 5.74) is 4.08. The largest absolute Gasteiger partial charge is 0.374 e. The molecule has 0 amide bonds. The first-order valence-electron chi connectivity index (χ1n) is 5.54. The van der Waals surface area contributed by atoms with E-state index in [-0.39, 0.29) is 0 Å². The lowest BCUT2D eigenvalue weighted by Gasteiger charge is -2.23. The van der Waals surface area contributed by atoms with E-state index >= 15 is 0 Å². The second kappa shape index (κ2) is 5.55. The molecule has 0 aliphatic heterocycles. The Morgan fingerprint density at radius 2 is 1.73 bits per heavy atom. The van der Waals surface area contributed by atoms with Gasteiger partial charge in [0.15, 0.2) is 0 Å². The highest BCUT2D eigenvalue weighted by Crippen LogP contribution is 2.27. The Balaban J connectivity index is 2.92. The van der Waals surface area contributed by atoms with Crippen LogP contribution in [0.15, 0.2) is 16.6 Å². The standard InChI is InChI=1S/C13H20BrN/c1-5-6-7-15(4)13-10(2)8-12(14)9-11(13)3/h8-9H,5-7H2,1-4H3. The van der Waals surface area contributed by atoms with Gasteiger partial charge >= 0.3 is 0 Å². The molecule has 15 heavy (non-hydrogen) atoms. The van der Waals surface area contributed by atoms with Crippen molar-refractivity contribution >= 4 is 21.6 Å². The van der Waals surface area contributed by atoms with E-state index in [1.807, 2.05) is 0 Å². The smallest absolute Gasteiger partial charge is 0.0423 e. The molecule has 1 aromatic rings. The average molecular weight is 270 g/mol. The molecule has 0 aliphatic carbocycles. The van der Waals surface area contributed by atoms with Crippen LogP contribution in [0.4, 0.5) is 5.69 Å². The van der Waals surface area contributed by atoms with Crippen molar-refractivity contribution in [1.82, 2.24) is 0 Å². The maximum atomic E-state index is 3.53. The number of unbranched alkanes of at least 4 members (excludes halogenated alkanes) is 1. The maximum Gasteiger partial charge on any atom is 0.0423 e. The lowest BCUT2D eigenvalue weighted by molar-refractivity contribution is 0.763. The highest BCUT2D eigenvalue weighted by molar-refractivity contribution is 9.10. The molecule has 0 saturated heterocycles. The molecule has 1 rings (SSSR count). The third kappa shape index (κ3) is 3.23. The number of halogens is 1. The van der Waals surface area contributed by atoms with Gasteiger partial charge in [-0.1, -0.05) is 29.3 Å². The Morgan fingerprint density at radius 1 is 1.20 bits per heavy atom. The highest BCUT2D eigenvalue weighted by Gasteiger charge is 2.08. The molecule has 0 aliphatic rings. The van der Waals surface area contributed by atoms with E-state index in [1.165, 1.54) is 34.1 Å². The SMILES string of the molecule is CCCCN(C)c1c(C)cc(Br)cc1C. The van der Waals surface area contributed by atoms with Crippen LogP contribution in [0, 0.1) is 13.8 Å². The van der Waals surface area contributed by atoms with Crippen molar-refractivity contribution in [3.05, 3.63) is 27.7 Å². The molecule has 1 nitrogen and oxygen atoms in total. The topological polar surface area (TPSA) is 3.24 Å². The summed E-state index contributed by atoms with van der Waals surface area (Å²) in [4.78, 5) is 2.36. The van der Waals surface area contributed by atoms with Crippen molar-refractivity contribution in [1.29, 1.82) is 0 Å². The van der Waals surface area contributed by atoms with Gasteiger partial charge in [0.1, 0.15) is 0 Å². The molecule has 0 aromatic heterocycles. The van der Waals surface area contributed by atoms with E-state index in [0.717, 1.165) is 6.54 Å². The zero-order valence-corrected chi connectivity index (χ0v) is 11.7. The molecule has 0 atom stereocenters. The van der Waals surface area contributed by atoms with Gasteiger partial charge in [0.2, 0.25) is 0 Å². The Labute approximate surface area is 102 Å². The van der Waals surface area contributed by atoms with E-state index in [4.69, 9.17) is 0 Å². The molecule has 0 spiro atoms. The first kappa shape index (κ1) is 12.6. The van der Waals surface area contributed by atoms with E-state index in [9.17, 15) is 0 Å². The molecule has 1 aromatic carbocycles. The van der Waals surface area contributed by atoms with Gasteiger partial charge in [0, 0.05) is 23.8 Å². The molecular weight excluding hydrogens is 250 g/mol. The second-order valence-corrected chi connectivity index (χ2v) is 5.08.